The fourth-order valence-corrected chi connectivity index (χ4v) is 4.02. The summed E-state index contributed by atoms with van der Waals surface area (Å²) < 4.78 is 27.7. The Bertz CT molecular complexity index is 696. The van der Waals surface area contributed by atoms with Gasteiger partial charge in [-0.05, 0) is 16.0 Å². The Morgan fingerprint density at radius 2 is 1.78 bits per heavy atom. The molecule has 2 aromatic rings. The number of rotatable bonds is 6. The number of hydrogen-bond donors (Lipinski definition) is 0. The van der Waals surface area contributed by atoms with Crippen molar-refractivity contribution in [3.8, 4) is 0 Å². The Hall–Kier alpha value is -1.84. The minimum Gasteiger partial charge on any atom is -0.296 e. The van der Waals surface area contributed by atoms with Crippen LogP contribution in [0.4, 0.5) is 0 Å². The number of benzene rings is 1. The van der Waals surface area contributed by atoms with E-state index >= 15 is 0 Å². The smallest absolute Gasteiger partial charge is 0.216 e. The van der Waals surface area contributed by atoms with Gasteiger partial charge in [-0.1, -0.05) is 30.3 Å². The fourth-order valence-electron chi connectivity index (χ4n) is 2.63. The summed E-state index contributed by atoms with van der Waals surface area (Å²) in [5.41, 5.74) is 1.25. The van der Waals surface area contributed by atoms with Gasteiger partial charge >= 0.3 is 0 Å². The number of aromatic nitrogens is 4. The van der Waals surface area contributed by atoms with Crippen LogP contribution in [0, 0.1) is 0 Å². The van der Waals surface area contributed by atoms with Gasteiger partial charge in [0.2, 0.25) is 10.0 Å². The van der Waals surface area contributed by atoms with Gasteiger partial charge in [0.15, 0.2) is 0 Å². The number of sulfonamides is 1. The van der Waals surface area contributed by atoms with E-state index in [2.05, 4.69) is 32.6 Å². The van der Waals surface area contributed by atoms with Crippen molar-refractivity contribution in [2.24, 2.45) is 0 Å². The molecule has 9 heteroatoms. The third-order valence-electron chi connectivity index (χ3n) is 3.94. The molecule has 8 nitrogen and oxygen atoms in total. The van der Waals surface area contributed by atoms with Crippen LogP contribution >= 0.6 is 0 Å². The maximum absolute atomic E-state index is 12.4. The molecule has 2 heterocycles. The van der Waals surface area contributed by atoms with Gasteiger partial charge in [-0.2, -0.15) is 4.31 Å². The third-order valence-corrected chi connectivity index (χ3v) is 5.79. The largest absolute Gasteiger partial charge is 0.296 e. The lowest BCUT2D eigenvalue weighted by Gasteiger charge is -2.34. The molecule has 0 N–H and O–H groups in total. The molecule has 0 radical (unpaired) electrons. The summed E-state index contributed by atoms with van der Waals surface area (Å²) in [6.45, 7) is 3.70. The van der Waals surface area contributed by atoms with E-state index in [9.17, 15) is 8.42 Å². The second-order valence-electron chi connectivity index (χ2n) is 5.55. The average Bonchev–Trinajstić information content (AvgIpc) is 3.08. The van der Waals surface area contributed by atoms with E-state index < -0.39 is 10.0 Å². The maximum Gasteiger partial charge on any atom is 0.216 e. The molecule has 0 amide bonds. The van der Waals surface area contributed by atoms with E-state index in [4.69, 9.17) is 0 Å². The summed E-state index contributed by atoms with van der Waals surface area (Å²) in [6, 6.07) is 10.2. The molecule has 124 valence electrons. The summed E-state index contributed by atoms with van der Waals surface area (Å²) in [7, 11) is -3.27. The summed E-state index contributed by atoms with van der Waals surface area (Å²) >= 11 is 0. The van der Waals surface area contributed by atoms with Gasteiger partial charge in [0, 0.05) is 32.7 Å². The van der Waals surface area contributed by atoms with Gasteiger partial charge < -0.3 is 0 Å². The Morgan fingerprint density at radius 3 is 2.43 bits per heavy atom. The van der Waals surface area contributed by atoms with Crippen molar-refractivity contribution < 1.29 is 8.42 Å². The van der Waals surface area contributed by atoms with Crippen LogP contribution in [0.5, 0.6) is 0 Å². The standard InChI is InChI=1S/C14H20N6O2S/c21-23(22,11-10-19-13-15-16-17-19)20-8-6-18(7-9-20)12-14-4-2-1-3-5-14/h1-5,13H,6-12H2. The molecule has 23 heavy (non-hydrogen) atoms. The van der Waals surface area contributed by atoms with Crippen LogP contribution in [0.15, 0.2) is 36.7 Å². The van der Waals surface area contributed by atoms with Crippen LogP contribution in [0.25, 0.3) is 0 Å². The van der Waals surface area contributed by atoms with E-state index in [0.717, 1.165) is 19.6 Å². The van der Waals surface area contributed by atoms with E-state index in [1.165, 1.54) is 16.6 Å². The summed E-state index contributed by atoms with van der Waals surface area (Å²) in [5.74, 6) is 0.0245. The molecule has 0 aliphatic carbocycles. The minimum absolute atomic E-state index is 0.0245. The lowest BCUT2D eigenvalue weighted by molar-refractivity contribution is 0.181. The van der Waals surface area contributed by atoms with Crippen LogP contribution in [-0.4, -0.2) is 69.8 Å². The maximum atomic E-state index is 12.4. The number of tetrazole rings is 1. The predicted octanol–water partition coefficient (Wildman–Crippen LogP) is -0.179. The SMILES string of the molecule is O=S(=O)(CCn1cnnn1)N1CCN(Cc2ccccc2)CC1. The zero-order valence-corrected chi connectivity index (χ0v) is 13.6. The number of aryl methyl sites for hydroxylation is 1. The molecule has 0 bridgehead atoms. The number of nitrogens with zero attached hydrogens (tertiary/aromatic N) is 6. The van der Waals surface area contributed by atoms with Crippen molar-refractivity contribution in [2.45, 2.75) is 13.1 Å². The van der Waals surface area contributed by atoms with Crippen LogP contribution in [0.1, 0.15) is 5.56 Å². The molecule has 0 spiro atoms. The lowest BCUT2D eigenvalue weighted by atomic mass is 10.2. The van der Waals surface area contributed by atoms with Gasteiger partial charge in [0.25, 0.3) is 0 Å². The molecule has 1 aromatic carbocycles. The zero-order chi connectivity index (χ0) is 16.1. The highest BCUT2D eigenvalue weighted by Crippen LogP contribution is 2.11. The highest BCUT2D eigenvalue weighted by Gasteiger charge is 2.26. The molecular weight excluding hydrogens is 316 g/mol. The zero-order valence-electron chi connectivity index (χ0n) is 12.8. The first kappa shape index (κ1) is 16.0. The van der Waals surface area contributed by atoms with Gasteiger partial charge in [-0.3, -0.25) is 4.90 Å². The quantitative estimate of drug-likeness (QED) is 0.728. The molecule has 1 aromatic heterocycles. The van der Waals surface area contributed by atoms with Gasteiger partial charge in [0.05, 0.1) is 12.3 Å². The van der Waals surface area contributed by atoms with E-state index in [1.54, 1.807) is 4.31 Å². The van der Waals surface area contributed by atoms with Crippen molar-refractivity contribution in [1.29, 1.82) is 0 Å². The van der Waals surface area contributed by atoms with E-state index in [0.29, 0.717) is 13.1 Å². The number of hydrogen-bond acceptors (Lipinski definition) is 6. The molecule has 1 fully saturated rings. The monoisotopic (exact) mass is 336 g/mol. The van der Waals surface area contributed by atoms with Crippen molar-refractivity contribution in [1.82, 2.24) is 29.4 Å². The summed E-state index contributed by atoms with van der Waals surface area (Å²) in [4.78, 5) is 2.28. The molecule has 3 rings (SSSR count). The van der Waals surface area contributed by atoms with Gasteiger partial charge in [-0.25, -0.2) is 13.1 Å². The fraction of sp³-hybridized carbons (Fsp3) is 0.500. The van der Waals surface area contributed by atoms with E-state index in [1.807, 2.05) is 18.2 Å². The topological polar surface area (TPSA) is 84.2 Å². The van der Waals surface area contributed by atoms with Crippen LogP contribution < -0.4 is 0 Å². The molecule has 0 unspecified atom stereocenters. The molecule has 0 atom stereocenters. The van der Waals surface area contributed by atoms with Crippen molar-refractivity contribution >= 4 is 10.0 Å². The highest BCUT2D eigenvalue weighted by molar-refractivity contribution is 7.89. The molecule has 1 saturated heterocycles. The Morgan fingerprint density at radius 1 is 1.04 bits per heavy atom. The first-order chi connectivity index (χ1) is 11.1. The Labute approximate surface area is 135 Å². The van der Waals surface area contributed by atoms with Crippen LogP contribution in [0.2, 0.25) is 0 Å². The van der Waals surface area contributed by atoms with E-state index in [-0.39, 0.29) is 12.3 Å². The van der Waals surface area contributed by atoms with Crippen molar-refractivity contribution in [3.05, 3.63) is 42.2 Å². The molecule has 1 aliphatic heterocycles. The molecular formula is C14H20N6O2S. The normalized spacial score (nSPS) is 17.4. The molecule has 1 aliphatic rings. The summed E-state index contributed by atoms with van der Waals surface area (Å²) in [5, 5.41) is 10.7. The lowest BCUT2D eigenvalue weighted by Crippen LogP contribution is -2.49. The van der Waals surface area contributed by atoms with Gasteiger partial charge in [-0.15, -0.1) is 5.10 Å². The van der Waals surface area contributed by atoms with Crippen LogP contribution in [-0.2, 0) is 23.1 Å². The molecule has 0 saturated carbocycles. The number of piperazine rings is 1. The second kappa shape index (κ2) is 7.16. The first-order valence-electron chi connectivity index (χ1n) is 7.58. The van der Waals surface area contributed by atoms with Crippen molar-refractivity contribution in [2.75, 3.05) is 31.9 Å². The average molecular weight is 336 g/mol. The second-order valence-corrected chi connectivity index (χ2v) is 7.64. The summed E-state index contributed by atoms with van der Waals surface area (Å²) in [6.07, 6.45) is 1.42. The third kappa shape index (κ3) is 4.34. The highest BCUT2D eigenvalue weighted by atomic mass is 32.2. The van der Waals surface area contributed by atoms with Crippen LogP contribution in [0.3, 0.4) is 0 Å². The van der Waals surface area contributed by atoms with Gasteiger partial charge in [0.1, 0.15) is 6.33 Å². The Kier molecular flexibility index (Phi) is 4.99. The minimum atomic E-state index is -3.27. The Balaban J connectivity index is 1.49. The van der Waals surface area contributed by atoms with Crippen molar-refractivity contribution in [3.63, 3.8) is 0 Å². The first-order valence-corrected chi connectivity index (χ1v) is 9.19. The predicted molar refractivity (Wildman–Crippen MR) is 84.9 cm³/mol.